The van der Waals surface area contributed by atoms with Crippen molar-refractivity contribution in [1.82, 2.24) is 25.2 Å². The van der Waals surface area contributed by atoms with Gasteiger partial charge in [-0.05, 0) is 56.2 Å². The maximum absolute atomic E-state index is 15.0. The lowest BCUT2D eigenvalue weighted by Crippen LogP contribution is -2.48. The van der Waals surface area contributed by atoms with Crippen LogP contribution in [0.1, 0.15) is 29.8 Å². The number of pyridine rings is 2. The molecule has 1 amide bonds. The number of H-pyrrole nitrogens is 1. The van der Waals surface area contributed by atoms with Crippen LogP contribution in [0.2, 0.25) is 0 Å². The second-order valence-corrected chi connectivity index (χ2v) is 9.43. The number of aromatic nitrogens is 3. The van der Waals surface area contributed by atoms with Crippen LogP contribution in [0.15, 0.2) is 36.5 Å². The highest BCUT2D eigenvalue weighted by atomic mass is 19.1. The fourth-order valence-corrected chi connectivity index (χ4v) is 5.12. The van der Waals surface area contributed by atoms with Crippen LogP contribution in [0, 0.1) is 5.95 Å². The van der Waals surface area contributed by atoms with Crippen molar-refractivity contribution in [2.45, 2.75) is 26.3 Å². The number of halogens is 1. The molecule has 3 aromatic heterocycles. The molecule has 0 aliphatic carbocycles. The van der Waals surface area contributed by atoms with Gasteiger partial charge in [0.25, 0.3) is 5.91 Å². The van der Waals surface area contributed by atoms with Crippen molar-refractivity contribution in [2.24, 2.45) is 0 Å². The quantitative estimate of drug-likeness (QED) is 0.458. The average Bonchev–Trinajstić information content (AvgIpc) is 3.19. The number of rotatable bonds is 3. The minimum absolute atomic E-state index is 0.0726. The summed E-state index contributed by atoms with van der Waals surface area (Å²) >= 11 is 0. The maximum Gasteiger partial charge on any atom is 0.251 e. The van der Waals surface area contributed by atoms with Gasteiger partial charge in [0.1, 0.15) is 5.65 Å². The summed E-state index contributed by atoms with van der Waals surface area (Å²) in [5, 5.41) is 4.64. The highest BCUT2D eigenvalue weighted by Gasteiger charge is 2.22. The molecule has 1 fully saturated rings. The normalized spacial score (nSPS) is 16.9. The summed E-state index contributed by atoms with van der Waals surface area (Å²) in [6.45, 7) is 9.05. The van der Waals surface area contributed by atoms with Gasteiger partial charge in [-0.15, -0.1) is 0 Å². The van der Waals surface area contributed by atoms with Crippen LogP contribution in [0.4, 0.5) is 10.1 Å². The molecule has 7 nitrogen and oxygen atoms in total. The van der Waals surface area contributed by atoms with Crippen molar-refractivity contribution in [3.8, 4) is 11.3 Å². The minimum atomic E-state index is -0.563. The van der Waals surface area contributed by atoms with Crippen molar-refractivity contribution in [2.75, 3.05) is 37.6 Å². The van der Waals surface area contributed by atoms with Gasteiger partial charge < -0.3 is 15.2 Å². The van der Waals surface area contributed by atoms with Crippen LogP contribution >= 0.6 is 0 Å². The molecule has 4 aromatic rings. The number of anilines is 1. The van der Waals surface area contributed by atoms with Gasteiger partial charge in [-0.3, -0.25) is 14.7 Å². The molecule has 0 unspecified atom stereocenters. The molecule has 5 heterocycles. The Morgan fingerprint density at radius 2 is 1.85 bits per heavy atom. The number of hydrogen-bond acceptors (Lipinski definition) is 5. The second-order valence-electron chi connectivity index (χ2n) is 9.43. The first-order chi connectivity index (χ1) is 16.5. The molecule has 0 atom stereocenters. The van der Waals surface area contributed by atoms with Crippen LogP contribution in [-0.4, -0.2) is 64.5 Å². The third kappa shape index (κ3) is 3.49. The minimum Gasteiger partial charge on any atom is -0.368 e. The Morgan fingerprint density at radius 1 is 1.03 bits per heavy atom. The molecule has 0 bridgehead atoms. The molecule has 2 aliphatic rings. The summed E-state index contributed by atoms with van der Waals surface area (Å²) in [5.41, 5.74) is 4.90. The molecule has 2 aliphatic heterocycles. The topological polar surface area (TPSA) is 77.1 Å². The smallest absolute Gasteiger partial charge is 0.251 e. The second kappa shape index (κ2) is 8.06. The molecule has 0 saturated carbocycles. The van der Waals surface area contributed by atoms with E-state index < -0.39 is 5.95 Å². The number of carbonyl (C=O) groups excluding carboxylic acids is 1. The highest BCUT2D eigenvalue weighted by Crippen LogP contribution is 2.32. The Morgan fingerprint density at radius 3 is 2.59 bits per heavy atom. The van der Waals surface area contributed by atoms with E-state index in [2.05, 4.69) is 43.9 Å². The van der Waals surface area contributed by atoms with E-state index in [1.807, 2.05) is 36.5 Å². The van der Waals surface area contributed by atoms with Gasteiger partial charge >= 0.3 is 0 Å². The fraction of sp³-hybridized carbons (Fsp3) is 0.346. The summed E-state index contributed by atoms with van der Waals surface area (Å²) in [7, 11) is 0. The zero-order valence-corrected chi connectivity index (χ0v) is 19.4. The first kappa shape index (κ1) is 21.0. The Balaban J connectivity index is 1.34. The number of fused-ring (bicyclic) bond motifs is 4. The molecule has 2 N–H and O–H groups in total. The van der Waals surface area contributed by atoms with E-state index in [0.717, 1.165) is 60.1 Å². The molecular formula is C26H27FN6O. The first-order valence-electron chi connectivity index (χ1n) is 11.9. The molecular weight excluding hydrogens is 431 g/mol. The zero-order chi connectivity index (χ0) is 23.4. The standard InChI is InChI=1S/C26H27FN6O/c1-15(2)32-7-9-33(10-8-32)17-3-4-22(29-14-17)21-12-20-19-11-16-5-6-28-26(34)18(16)13-23(19)30-25(20)31-24(21)27/h3-4,11-15H,5-10H2,1-2H3,(H,28,34)(H,30,31). The van der Waals surface area contributed by atoms with Gasteiger partial charge in [0.2, 0.25) is 5.95 Å². The Hall–Kier alpha value is -3.52. The number of benzene rings is 1. The third-order valence-electron chi connectivity index (χ3n) is 7.12. The number of nitrogens with zero attached hydrogens (tertiary/aromatic N) is 4. The largest absolute Gasteiger partial charge is 0.368 e. The Labute approximate surface area is 197 Å². The third-order valence-corrected chi connectivity index (χ3v) is 7.12. The van der Waals surface area contributed by atoms with Crippen LogP contribution in [0.25, 0.3) is 33.2 Å². The lowest BCUT2D eigenvalue weighted by Gasteiger charge is -2.38. The predicted molar refractivity (Wildman–Crippen MR) is 132 cm³/mol. The van der Waals surface area contributed by atoms with Crippen molar-refractivity contribution >= 4 is 33.5 Å². The predicted octanol–water partition coefficient (Wildman–Crippen LogP) is 3.73. The Kier molecular flexibility index (Phi) is 4.99. The number of nitrogens with one attached hydrogen (secondary N) is 2. The van der Waals surface area contributed by atoms with Crippen LogP contribution in [0.3, 0.4) is 0 Å². The first-order valence-corrected chi connectivity index (χ1v) is 11.9. The van der Waals surface area contributed by atoms with Gasteiger partial charge in [0.15, 0.2) is 0 Å². The molecule has 1 aromatic carbocycles. The molecule has 34 heavy (non-hydrogen) atoms. The van der Waals surface area contributed by atoms with Gasteiger partial charge in [-0.25, -0.2) is 4.98 Å². The molecule has 174 valence electrons. The van der Waals surface area contributed by atoms with E-state index in [0.29, 0.717) is 35.1 Å². The molecule has 6 rings (SSSR count). The van der Waals surface area contributed by atoms with Crippen LogP contribution in [0.5, 0.6) is 0 Å². The molecule has 0 spiro atoms. The van der Waals surface area contributed by atoms with Gasteiger partial charge in [0, 0.05) is 60.6 Å². The van der Waals surface area contributed by atoms with E-state index in [4.69, 9.17) is 0 Å². The lowest BCUT2D eigenvalue weighted by molar-refractivity contribution is 0.0946. The van der Waals surface area contributed by atoms with Gasteiger partial charge in [0.05, 0.1) is 23.1 Å². The summed E-state index contributed by atoms with van der Waals surface area (Å²) < 4.78 is 15.0. The highest BCUT2D eigenvalue weighted by molar-refractivity contribution is 6.10. The summed E-state index contributed by atoms with van der Waals surface area (Å²) in [6, 6.07) is 10.1. The summed E-state index contributed by atoms with van der Waals surface area (Å²) in [4.78, 5) is 29.0. The fourth-order valence-electron chi connectivity index (χ4n) is 5.12. The maximum atomic E-state index is 15.0. The van der Waals surface area contributed by atoms with E-state index in [1.165, 1.54) is 0 Å². The van der Waals surface area contributed by atoms with E-state index in [-0.39, 0.29) is 5.91 Å². The zero-order valence-electron chi connectivity index (χ0n) is 19.4. The number of piperazine rings is 1. The van der Waals surface area contributed by atoms with Crippen LogP contribution < -0.4 is 10.2 Å². The van der Waals surface area contributed by atoms with Gasteiger partial charge in [-0.2, -0.15) is 4.39 Å². The monoisotopic (exact) mass is 458 g/mol. The lowest BCUT2D eigenvalue weighted by atomic mass is 9.97. The number of hydrogen-bond donors (Lipinski definition) is 2. The molecule has 8 heteroatoms. The molecule has 1 saturated heterocycles. The van der Waals surface area contributed by atoms with E-state index >= 15 is 4.39 Å². The number of aromatic amines is 1. The summed E-state index contributed by atoms with van der Waals surface area (Å²) in [5.74, 6) is -0.635. The van der Waals surface area contributed by atoms with Crippen molar-refractivity contribution < 1.29 is 9.18 Å². The summed E-state index contributed by atoms with van der Waals surface area (Å²) in [6.07, 6.45) is 2.60. The number of carbonyl (C=O) groups is 1. The average molecular weight is 459 g/mol. The number of amides is 1. The van der Waals surface area contributed by atoms with E-state index in [1.54, 1.807) is 0 Å². The SMILES string of the molecule is CC(C)N1CCN(c2ccc(-c3cc4c(nc3F)[nH]c3cc5c(cc34)CCNC5=O)nc2)CC1. The molecule has 0 radical (unpaired) electrons. The van der Waals surface area contributed by atoms with Crippen molar-refractivity contribution in [1.29, 1.82) is 0 Å². The van der Waals surface area contributed by atoms with Crippen LogP contribution in [-0.2, 0) is 6.42 Å². The van der Waals surface area contributed by atoms with E-state index in [9.17, 15) is 4.79 Å². The van der Waals surface area contributed by atoms with Crippen molar-refractivity contribution in [3.05, 3.63) is 53.6 Å². The van der Waals surface area contributed by atoms with Crippen molar-refractivity contribution in [3.63, 3.8) is 0 Å². The van der Waals surface area contributed by atoms with Gasteiger partial charge in [-0.1, -0.05) is 0 Å². The Bertz CT molecular complexity index is 1400.